The predicted molar refractivity (Wildman–Crippen MR) is 88.9 cm³/mol. The number of ketones is 1. The molecule has 1 atom stereocenters. The SMILES string of the molecule is CC(=O)Cc1nnc([C@H](Cc2ccc(CN)cc2)NC(C)=O)s1. The van der Waals surface area contributed by atoms with Crippen LogP contribution < -0.4 is 11.1 Å². The number of hydrogen-bond acceptors (Lipinski definition) is 6. The van der Waals surface area contributed by atoms with Crippen LogP contribution in [0.4, 0.5) is 0 Å². The van der Waals surface area contributed by atoms with E-state index in [1.165, 1.54) is 25.2 Å². The van der Waals surface area contributed by atoms with E-state index in [4.69, 9.17) is 5.73 Å². The van der Waals surface area contributed by atoms with Crippen LogP contribution in [0.5, 0.6) is 0 Å². The number of carbonyl (C=O) groups is 2. The van der Waals surface area contributed by atoms with Crippen molar-refractivity contribution in [2.75, 3.05) is 0 Å². The summed E-state index contributed by atoms with van der Waals surface area (Å²) < 4.78 is 0. The van der Waals surface area contributed by atoms with Gasteiger partial charge in [-0.15, -0.1) is 10.2 Å². The summed E-state index contributed by atoms with van der Waals surface area (Å²) in [6.07, 6.45) is 0.884. The maximum absolute atomic E-state index is 11.5. The minimum absolute atomic E-state index is 0.0427. The third kappa shape index (κ3) is 5.22. The number of nitrogens with one attached hydrogen (secondary N) is 1. The molecule has 23 heavy (non-hydrogen) atoms. The van der Waals surface area contributed by atoms with Crippen molar-refractivity contribution in [2.24, 2.45) is 5.73 Å². The summed E-state index contributed by atoms with van der Waals surface area (Å²) in [5.74, 6) is -0.0851. The van der Waals surface area contributed by atoms with Crippen LogP contribution >= 0.6 is 11.3 Å². The van der Waals surface area contributed by atoms with Crippen molar-refractivity contribution in [2.45, 2.75) is 39.3 Å². The lowest BCUT2D eigenvalue weighted by Crippen LogP contribution is -2.27. The molecule has 2 rings (SSSR count). The first-order chi connectivity index (χ1) is 11.0. The normalized spacial score (nSPS) is 12.0. The van der Waals surface area contributed by atoms with Crippen LogP contribution in [0.3, 0.4) is 0 Å². The number of carbonyl (C=O) groups excluding carboxylic acids is 2. The van der Waals surface area contributed by atoms with Crippen LogP contribution in [0.1, 0.15) is 41.0 Å². The summed E-state index contributed by atoms with van der Waals surface area (Å²) in [7, 11) is 0. The van der Waals surface area contributed by atoms with Crippen molar-refractivity contribution in [3.63, 3.8) is 0 Å². The lowest BCUT2D eigenvalue weighted by Gasteiger charge is -2.15. The maximum Gasteiger partial charge on any atom is 0.217 e. The number of rotatable bonds is 7. The summed E-state index contributed by atoms with van der Waals surface area (Å²) in [6.45, 7) is 3.49. The van der Waals surface area contributed by atoms with E-state index in [9.17, 15) is 9.59 Å². The van der Waals surface area contributed by atoms with Crippen LogP contribution in [0.25, 0.3) is 0 Å². The molecule has 1 amide bonds. The van der Waals surface area contributed by atoms with Crippen LogP contribution in [0.15, 0.2) is 24.3 Å². The van der Waals surface area contributed by atoms with Crippen LogP contribution in [0.2, 0.25) is 0 Å². The highest BCUT2D eigenvalue weighted by molar-refractivity contribution is 7.11. The molecule has 3 N–H and O–H groups in total. The van der Waals surface area contributed by atoms with Crippen LogP contribution in [-0.2, 0) is 29.0 Å². The minimum atomic E-state index is -0.255. The average Bonchev–Trinajstić information content (AvgIpc) is 2.94. The fourth-order valence-corrected chi connectivity index (χ4v) is 3.15. The summed E-state index contributed by atoms with van der Waals surface area (Å²) in [4.78, 5) is 22.7. The number of hydrogen-bond donors (Lipinski definition) is 2. The zero-order valence-corrected chi connectivity index (χ0v) is 14.0. The number of nitrogens with zero attached hydrogens (tertiary/aromatic N) is 2. The van der Waals surface area contributed by atoms with Gasteiger partial charge in [0.1, 0.15) is 15.8 Å². The lowest BCUT2D eigenvalue weighted by molar-refractivity contribution is -0.119. The van der Waals surface area contributed by atoms with E-state index in [1.807, 2.05) is 24.3 Å². The molecule has 1 aromatic carbocycles. The maximum atomic E-state index is 11.5. The monoisotopic (exact) mass is 332 g/mol. The molecule has 0 aliphatic rings. The van der Waals surface area contributed by atoms with Crippen molar-refractivity contribution < 1.29 is 9.59 Å². The van der Waals surface area contributed by atoms with Gasteiger partial charge in [0, 0.05) is 13.5 Å². The molecule has 0 fully saturated rings. The van der Waals surface area contributed by atoms with Crippen molar-refractivity contribution in [1.82, 2.24) is 15.5 Å². The molecule has 6 nitrogen and oxygen atoms in total. The van der Waals surface area contributed by atoms with E-state index >= 15 is 0 Å². The van der Waals surface area contributed by atoms with Crippen molar-refractivity contribution in [1.29, 1.82) is 0 Å². The Balaban J connectivity index is 2.16. The van der Waals surface area contributed by atoms with Gasteiger partial charge in [0.15, 0.2) is 0 Å². The highest BCUT2D eigenvalue weighted by Crippen LogP contribution is 2.23. The molecule has 0 spiro atoms. The van der Waals surface area contributed by atoms with Crippen LogP contribution in [-0.4, -0.2) is 21.9 Å². The predicted octanol–water partition coefficient (Wildman–Crippen LogP) is 1.55. The van der Waals surface area contributed by atoms with Gasteiger partial charge >= 0.3 is 0 Å². The number of aromatic nitrogens is 2. The molecule has 122 valence electrons. The van der Waals surface area contributed by atoms with E-state index < -0.39 is 0 Å². The molecule has 0 aliphatic carbocycles. The van der Waals surface area contributed by atoms with Gasteiger partial charge in [-0.25, -0.2) is 0 Å². The third-order valence-electron chi connectivity index (χ3n) is 3.26. The van der Waals surface area contributed by atoms with Crippen molar-refractivity contribution in [3.8, 4) is 0 Å². The molecule has 0 aliphatic heterocycles. The first-order valence-corrected chi connectivity index (χ1v) is 8.16. The second-order valence-corrected chi connectivity index (χ2v) is 6.48. The van der Waals surface area contributed by atoms with E-state index in [-0.39, 0.29) is 24.2 Å². The van der Waals surface area contributed by atoms with E-state index in [2.05, 4.69) is 15.5 Å². The summed E-state index contributed by atoms with van der Waals surface area (Å²) in [5, 5.41) is 12.4. The molecule has 0 unspecified atom stereocenters. The topological polar surface area (TPSA) is 98.0 Å². The Morgan fingerprint density at radius 3 is 2.39 bits per heavy atom. The second kappa shape index (κ2) is 7.94. The molecular formula is C16H20N4O2S. The smallest absolute Gasteiger partial charge is 0.217 e. The minimum Gasteiger partial charge on any atom is -0.347 e. The first kappa shape index (κ1) is 17.2. The summed E-state index contributed by atoms with van der Waals surface area (Å²) in [6, 6.07) is 7.68. The second-order valence-electron chi connectivity index (χ2n) is 5.39. The number of benzene rings is 1. The fourth-order valence-electron chi connectivity index (χ4n) is 2.18. The summed E-state index contributed by atoms with van der Waals surface area (Å²) in [5.41, 5.74) is 7.73. The Morgan fingerprint density at radius 2 is 1.83 bits per heavy atom. The molecule has 0 bridgehead atoms. The van der Waals surface area contributed by atoms with E-state index in [0.29, 0.717) is 23.0 Å². The Hall–Kier alpha value is -2.12. The van der Waals surface area contributed by atoms with Gasteiger partial charge < -0.3 is 11.1 Å². The quantitative estimate of drug-likeness (QED) is 0.801. The molecular weight excluding hydrogens is 312 g/mol. The molecule has 1 aromatic heterocycles. The Bertz CT molecular complexity index is 682. The molecule has 7 heteroatoms. The van der Waals surface area contributed by atoms with Crippen molar-refractivity contribution in [3.05, 3.63) is 45.4 Å². The highest BCUT2D eigenvalue weighted by Gasteiger charge is 2.19. The molecule has 1 heterocycles. The van der Waals surface area contributed by atoms with Gasteiger partial charge in [-0.05, 0) is 24.5 Å². The Kier molecular flexibility index (Phi) is 5.95. The molecule has 0 radical (unpaired) electrons. The third-order valence-corrected chi connectivity index (χ3v) is 4.29. The average molecular weight is 332 g/mol. The standard InChI is InChI=1S/C16H20N4O2S/c1-10(21)7-15-19-20-16(23-15)14(18-11(2)22)8-12-3-5-13(9-17)6-4-12/h3-6,14H,7-9,17H2,1-2H3,(H,18,22)/t14-/m0/s1. The largest absolute Gasteiger partial charge is 0.347 e. The van der Waals surface area contributed by atoms with Gasteiger partial charge in [-0.3, -0.25) is 9.59 Å². The number of nitrogens with two attached hydrogens (primary N) is 1. The van der Waals surface area contributed by atoms with Crippen molar-refractivity contribution >= 4 is 23.0 Å². The molecule has 2 aromatic rings. The first-order valence-electron chi connectivity index (χ1n) is 7.34. The van der Waals surface area contributed by atoms with Gasteiger partial charge in [0.25, 0.3) is 0 Å². The zero-order valence-electron chi connectivity index (χ0n) is 13.2. The number of amides is 1. The Morgan fingerprint density at radius 1 is 1.17 bits per heavy atom. The molecule has 0 saturated heterocycles. The van der Waals surface area contributed by atoms with E-state index in [0.717, 1.165) is 11.1 Å². The zero-order chi connectivity index (χ0) is 16.8. The van der Waals surface area contributed by atoms with Gasteiger partial charge in [0.2, 0.25) is 5.91 Å². The fraction of sp³-hybridized carbons (Fsp3) is 0.375. The van der Waals surface area contributed by atoms with Crippen LogP contribution in [0, 0.1) is 0 Å². The lowest BCUT2D eigenvalue weighted by atomic mass is 10.0. The van der Waals surface area contributed by atoms with E-state index in [1.54, 1.807) is 0 Å². The van der Waals surface area contributed by atoms with Gasteiger partial charge in [0.05, 0.1) is 12.5 Å². The number of Topliss-reactive ketones (excluding diaryl/α,β-unsaturated/α-hetero) is 1. The molecule has 0 saturated carbocycles. The Labute approximate surface area is 139 Å². The highest BCUT2D eigenvalue weighted by atomic mass is 32.1. The van der Waals surface area contributed by atoms with Gasteiger partial charge in [-0.1, -0.05) is 35.6 Å². The van der Waals surface area contributed by atoms with Gasteiger partial charge in [-0.2, -0.15) is 0 Å². The summed E-state index contributed by atoms with van der Waals surface area (Å²) >= 11 is 1.36.